The molecule has 1 atom stereocenters. The number of nitrogens with two attached hydrogens (primary N) is 1. The number of primary amides is 1. The van der Waals surface area contributed by atoms with Crippen molar-refractivity contribution < 1.29 is 4.79 Å². The van der Waals surface area contributed by atoms with Crippen molar-refractivity contribution in [3.05, 3.63) is 42.2 Å². The maximum Gasteiger partial charge on any atom is 0.252 e. The van der Waals surface area contributed by atoms with Gasteiger partial charge in [-0.25, -0.2) is 19.9 Å². The molecule has 102 valence electrons. The summed E-state index contributed by atoms with van der Waals surface area (Å²) >= 11 is 0. The van der Waals surface area contributed by atoms with Crippen LogP contribution in [0.3, 0.4) is 0 Å². The first-order valence-electron chi connectivity index (χ1n) is 6.37. The lowest BCUT2D eigenvalue weighted by atomic mass is 10.00. The lowest BCUT2D eigenvalue weighted by molar-refractivity contribution is 0.0998. The summed E-state index contributed by atoms with van der Waals surface area (Å²) in [6.07, 6.45) is 7.25. The standard InChI is InChI=1S/C13H14N6O/c14-12(20)10-6-15-8-18-11(10)9-2-5-19(7-9)13-16-3-1-4-17-13/h1,3-4,6,8-9H,2,5,7H2,(H2,14,20)/t9-/m0/s1. The Morgan fingerprint density at radius 3 is 2.85 bits per heavy atom. The molecular weight excluding hydrogens is 256 g/mol. The Morgan fingerprint density at radius 1 is 1.30 bits per heavy atom. The second-order valence-electron chi connectivity index (χ2n) is 4.67. The SMILES string of the molecule is NC(=O)c1cncnc1[C@H]1CCN(c2ncccn2)C1. The maximum atomic E-state index is 11.4. The molecule has 0 unspecified atom stereocenters. The quantitative estimate of drug-likeness (QED) is 0.864. The van der Waals surface area contributed by atoms with E-state index in [0.29, 0.717) is 17.2 Å². The number of rotatable bonds is 3. The van der Waals surface area contributed by atoms with Crippen LogP contribution in [0.1, 0.15) is 28.4 Å². The van der Waals surface area contributed by atoms with Gasteiger partial charge in [-0.3, -0.25) is 4.79 Å². The monoisotopic (exact) mass is 270 g/mol. The summed E-state index contributed by atoms with van der Waals surface area (Å²) in [6, 6.07) is 1.78. The normalized spacial score (nSPS) is 18.2. The van der Waals surface area contributed by atoms with E-state index in [1.54, 1.807) is 18.5 Å². The van der Waals surface area contributed by atoms with E-state index in [1.165, 1.54) is 12.5 Å². The topological polar surface area (TPSA) is 97.9 Å². The zero-order valence-corrected chi connectivity index (χ0v) is 10.8. The number of carbonyl (C=O) groups excluding carboxylic acids is 1. The second kappa shape index (κ2) is 5.20. The third kappa shape index (κ3) is 2.29. The smallest absolute Gasteiger partial charge is 0.252 e. The molecule has 0 spiro atoms. The average molecular weight is 270 g/mol. The number of carbonyl (C=O) groups is 1. The fourth-order valence-corrected chi connectivity index (χ4v) is 2.47. The summed E-state index contributed by atoms with van der Waals surface area (Å²) < 4.78 is 0. The van der Waals surface area contributed by atoms with Gasteiger partial charge in [-0.2, -0.15) is 0 Å². The Bertz CT molecular complexity index is 617. The molecule has 0 aromatic carbocycles. The summed E-state index contributed by atoms with van der Waals surface area (Å²) in [5, 5.41) is 0. The number of hydrogen-bond donors (Lipinski definition) is 1. The van der Waals surface area contributed by atoms with Gasteiger partial charge in [0.15, 0.2) is 0 Å². The summed E-state index contributed by atoms with van der Waals surface area (Å²) in [6.45, 7) is 1.55. The maximum absolute atomic E-state index is 11.4. The first-order chi connectivity index (χ1) is 9.75. The van der Waals surface area contributed by atoms with Crippen molar-refractivity contribution >= 4 is 11.9 Å². The minimum absolute atomic E-state index is 0.143. The molecule has 20 heavy (non-hydrogen) atoms. The molecule has 0 radical (unpaired) electrons. The Morgan fingerprint density at radius 2 is 2.10 bits per heavy atom. The van der Waals surface area contributed by atoms with Crippen LogP contribution in [0.15, 0.2) is 31.0 Å². The van der Waals surface area contributed by atoms with Gasteiger partial charge in [-0.15, -0.1) is 0 Å². The Kier molecular flexibility index (Phi) is 3.24. The first kappa shape index (κ1) is 12.5. The molecule has 1 aliphatic heterocycles. The van der Waals surface area contributed by atoms with Gasteiger partial charge < -0.3 is 10.6 Å². The third-order valence-electron chi connectivity index (χ3n) is 3.42. The van der Waals surface area contributed by atoms with Crippen LogP contribution < -0.4 is 10.6 Å². The molecule has 0 aliphatic carbocycles. The fourth-order valence-electron chi connectivity index (χ4n) is 2.47. The molecule has 3 rings (SSSR count). The van der Waals surface area contributed by atoms with Crippen molar-refractivity contribution in [2.24, 2.45) is 5.73 Å². The summed E-state index contributed by atoms with van der Waals surface area (Å²) in [5.41, 5.74) is 6.48. The van der Waals surface area contributed by atoms with Crippen molar-refractivity contribution in [3.8, 4) is 0 Å². The molecule has 1 fully saturated rings. The van der Waals surface area contributed by atoms with E-state index in [2.05, 4.69) is 24.8 Å². The summed E-state index contributed by atoms with van der Waals surface area (Å²) in [5.74, 6) is 0.351. The number of anilines is 1. The molecule has 1 aliphatic rings. The third-order valence-corrected chi connectivity index (χ3v) is 3.42. The van der Waals surface area contributed by atoms with Gasteiger partial charge in [0.05, 0.1) is 11.3 Å². The van der Waals surface area contributed by atoms with Crippen LogP contribution in [0.2, 0.25) is 0 Å². The van der Waals surface area contributed by atoms with Gasteiger partial charge in [-0.1, -0.05) is 0 Å². The van der Waals surface area contributed by atoms with Crippen molar-refractivity contribution in [1.29, 1.82) is 0 Å². The molecule has 1 amide bonds. The van der Waals surface area contributed by atoms with E-state index in [9.17, 15) is 4.79 Å². The number of amides is 1. The van der Waals surface area contributed by atoms with Crippen molar-refractivity contribution in [3.63, 3.8) is 0 Å². The first-order valence-corrected chi connectivity index (χ1v) is 6.37. The molecule has 1 saturated heterocycles. The van der Waals surface area contributed by atoms with E-state index in [0.717, 1.165) is 19.5 Å². The molecular formula is C13H14N6O. The van der Waals surface area contributed by atoms with E-state index < -0.39 is 5.91 Å². The fraction of sp³-hybridized carbons (Fsp3) is 0.308. The van der Waals surface area contributed by atoms with Gasteiger partial charge in [-0.05, 0) is 12.5 Å². The number of aromatic nitrogens is 4. The van der Waals surface area contributed by atoms with E-state index in [-0.39, 0.29) is 5.92 Å². The highest BCUT2D eigenvalue weighted by Crippen LogP contribution is 2.29. The molecule has 7 heteroatoms. The molecule has 3 heterocycles. The van der Waals surface area contributed by atoms with Crippen LogP contribution >= 0.6 is 0 Å². The predicted molar refractivity (Wildman–Crippen MR) is 72.2 cm³/mol. The van der Waals surface area contributed by atoms with Gasteiger partial charge in [0.25, 0.3) is 5.91 Å². The van der Waals surface area contributed by atoms with Gasteiger partial charge in [0.1, 0.15) is 6.33 Å². The van der Waals surface area contributed by atoms with E-state index in [4.69, 9.17) is 5.73 Å². The largest absolute Gasteiger partial charge is 0.365 e. The van der Waals surface area contributed by atoms with Crippen LogP contribution in [0, 0.1) is 0 Å². The van der Waals surface area contributed by atoms with Crippen molar-refractivity contribution in [1.82, 2.24) is 19.9 Å². The highest BCUT2D eigenvalue weighted by molar-refractivity contribution is 5.93. The van der Waals surface area contributed by atoms with Crippen molar-refractivity contribution in [2.75, 3.05) is 18.0 Å². The second-order valence-corrected chi connectivity index (χ2v) is 4.67. The minimum Gasteiger partial charge on any atom is -0.365 e. The number of hydrogen-bond acceptors (Lipinski definition) is 6. The molecule has 2 aromatic heterocycles. The van der Waals surface area contributed by atoms with Crippen LogP contribution in [0.5, 0.6) is 0 Å². The zero-order chi connectivity index (χ0) is 13.9. The lowest BCUT2D eigenvalue weighted by Crippen LogP contribution is -2.23. The van der Waals surface area contributed by atoms with Crippen LogP contribution in [-0.2, 0) is 0 Å². The van der Waals surface area contributed by atoms with Crippen LogP contribution in [0.4, 0.5) is 5.95 Å². The predicted octanol–water partition coefficient (Wildman–Crippen LogP) is 0.359. The van der Waals surface area contributed by atoms with Gasteiger partial charge in [0.2, 0.25) is 5.95 Å². The minimum atomic E-state index is -0.491. The van der Waals surface area contributed by atoms with Crippen LogP contribution in [-0.4, -0.2) is 38.9 Å². The molecule has 0 saturated carbocycles. The van der Waals surface area contributed by atoms with E-state index in [1.807, 2.05) is 0 Å². The highest BCUT2D eigenvalue weighted by atomic mass is 16.1. The van der Waals surface area contributed by atoms with Gasteiger partial charge >= 0.3 is 0 Å². The number of nitrogens with zero attached hydrogens (tertiary/aromatic N) is 5. The molecule has 2 N–H and O–H groups in total. The summed E-state index contributed by atoms with van der Waals surface area (Å²) in [4.78, 5) is 30.1. The van der Waals surface area contributed by atoms with Gasteiger partial charge in [0, 0.05) is 37.6 Å². The lowest BCUT2D eigenvalue weighted by Gasteiger charge is -2.16. The molecule has 2 aromatic rings. The highest BCUT2D eigenvalue weighted by Gasteiger charge is 2.29. The average Bonchev–Trinajstić information content (AvgIpc) is 2.98. The van der Waals surface area contributed by atoms with E-state index >= 15 is 0 Å². The Labute approximate surface area is 115 Å². The Balaban J connectivity index is 1.83. The van der Waals surface area contributed by atoms with Crippen LogP contribution in [0.25, 0.3) is 0 Å². The zero-order valence-electron chi connectivity index (χ0n) is 10.8. The molecule has 0 bridgehead atoms. The summed E-state index contributed by atoms with van der Waals surface area (Å²) in [7, 11) is 0. The van der Waals surface area contributed by atoms with Crippen molar-refractivity contribution in [2.45, 2.75) is 12.3 Å². The Hall–Kier alpha value is -2.57. The molecule has 7 nitrogen and oxygen atoms in total.